The quantitative estimate of drug-likeness (QED) is 0.788. The lowest BCUT2D eigenvalue weighted by Gasteiger charge is -2.39. The van der Waals surface area contributed by atoms with E-state index in [0.717, 1.165) is 22.3 Å². The molecule has 1 saturated heterocycles. The van der Waals surface area contributed by atoms with Crippen molar-refractivity contribution in [1.29, 1.82) is 0 Å². The van der Waals surface area contributed by atoms with Crippen LogP contribution >= 0.6 is 0 Å². The van der Waals surface area contributed by atoms with Crippen molar-refractivity contribution in [3.63, 3.8) is 0 Å². The molecule has 0 aromatic heterocycles. The summed E-state index contributed by atoms with van der Waals surface area (Å²) in [5.74, 6) is 1.00. The van der Waals surface area contributed by atoms with E-state index in [1.165, 1.54) is 0 Å². The molecule has 6 nitrogen and oxygen atoms in total. The average Bonchev–Trinajstić information content (AvgIpc) is 3.02. The number of carbonyl (C=O) groups excluding carboxylic acids is 1. The van der Waals surface area contributed by atoms with Gasteiger partial charge in [-0.25, -0.2) is 4.79 Å². The fraction of sp³-hybridized carbons (Fsp3) is 0.381. The summed E-state index contributed by atoms with van der Waals surface area (Å²) in [6.45, 7) is 3.54. The van der Waals surface area contributed by atoms with Gasteiger partial charge in [-0.1, -0.05) is 18.2 Å². The molecule has 0 atom stereocenters. The van der Waals surface area contributed by atoms with Gasteiger partial charge in [-0.15, -0.1) is 0 Å². The Morgan fingerprint density at radius 1 is 1.15 bits per heavy atom. The number of methoxy groups -OCH3 is 1. The Morgan fingerprint density at radius 3 is 2.59 bits per heavy atom. The lowest BCUT2D eigenvalue weighted by atomic mass is 9.88. The van der Waals surface area contributed by atoms with Gasteiger partial charge in [-0.2, -0.15) is 0 Å². The number of rotatable bonds is 6. The van der Waals surface area contributed by atoms with Crippen molar-refractivity contribution in [2.45, 2.75) is 13.5 Å². The summed E-state index contributed by atoms with van der Waals surface area (Å²) in [5, 5.41) is 9.68. The number of cyclic esters (lactones) is 1. The van der Waals surface area contributed by atoms with E-state index in [4.69, 9.17) is 18.9 Å². The van der Waals surface area contributed by atoms with Gasteiger partial charge in [0.15, 0.2) is 11.5 Å². The maximum Gasteiger partial charge on any atom is 0.338 e. The Hall–Kier alpha value is -2.57. The maximum absolute atomic E-state index is 11.7. The van der Waals surface area contributed by atoms with E-state index in [1.807, 2.05) is 31.2 Å². The van der Waals surface area contributed by atoms with Crippen molar-refractivity contribution in [2.75, 3.05) is 33.5 Å². The monoisotopic (exact) mass is 370 g/mol. The van der Waals surface area contributed by atoms with Gasteiger partial charge < -0.3 is 24.1 Å². The minimum absolute atomic E-state index is 0.00869. The molecule has 1 fully saturated rings. The lowest BCUT2D eigenvalue weighted by Crippen LogP contribution is -2.50. The highest BCUT2D eigenvalue weighted by atomic mass is 16.5. The SMILES string of the molecule is COc1c(C)ccc(-c2ccc3c(c2)COC3=O)c1OCC1(CO)COC1. The fourth-order valence-corrected chi connectivity index (χ4v) is 3.42. The van der Waals surface area contributed by atoms with Crippen LogP contribution < -0.4 is 9.47 Å². The van der Waals surface area contributed by atoms with Crippen molar-refractivity contribution in [3.05, 3.63) is 47.0 Å². The molecule has 0 bridgehead atoms. The number of benzene rings is 2. The van der Waals surface area contributed by atoms with Crippen LogP contribution in [-0.4, -0.2) is 44.6 Å². The van der Waals surface area contributed by atoms with E-state index in [0.29, 0.717) is 36.9 Å². The smallest absolute Gasteiger partial charge is 0.338 e. The molecule has 0 saturated carbocycles. The molecule has 6 heteroatoms. The van der Waals surface area contributed by atoms with Gasteiger partial charge in [-0.3, -0.25) is 0 Å². The summed E-state index contributed by atoms with van der Waals surface area (Å²) >= 11 is 0. The van der Waals surface area contributed by atoms with E-state index in [9.17, 15) is 9.90 Å². The maximum atomic E-state index is 11.7. The molecule has 0 spiro atoms. The summed E-state index contributed by atoms with van der Waals surface area (Å²) in [6.07, 6.45) is 0. The lowest BCUT2D eigenvalue weighted by molar-refractivity contribution is -0.153. The first kappa shape index (κ1) is 17.8. The van der Waals surface area contributed by atoms with Crippen LogP contribution in [0.5, 0.6) is 11.5 Å². The van der Waals surface area contributed by atoms with Gasteiger partial charge in [0.05, 0.1) is 37.9 Å². The molecule has 2 aliphatic rings. The second-order valence-electron chi connectivity index (χ2n) is 7.18. The van der Waals surface area contributed by atoms with Crippen molar-refractivity contribution >= 4 is 5.97 Å². The predicted molar refractivity (Wildman–Crippen MR) is 98.1 cm³/mol. The first-order valence-electron chi connectivity index (χ1n) is 8.86. The molecule has 142 valence electrons. The zero-order chi connectivity index (χ0) is 19.0. The Morgan fingerprint density at radius 2 is 1.93 bits per heavy atom. The molecular formula is C21H22O6. The first-order chi connectivity index (χ1) is 13.1. The standard InChI is InChI=1S/C21H22O6/c1-13-3-5-16(14-4-6-17-15(7-14)8-26-20(17)23)19(18(13)24-2)27-12-21(9-22)10-25-11-21/h3-7,22H,8-12H2,1-2H3. The molecule has 2 aromatic rings. The average molecular weight is 370 g/mol. The summed E-state index contributed by atoms with van der Waals surface area (Å²) in [7, 11) is 1.61. The van der Waals surface area contributed by atoms with Crippen LogP contribution in [0.1, 0.15) is 21.5 Å². The zero-order valence-corrected chi connectivity index (χ0v) is 15.4. The van der Waals surface area contributed by atoms with Crippen LogP contribution in [0, 0.1) is 12.3 Å². The predicted octanol–water partition coefficient (Wildman–Crippen LogP) is 2.73. The summed E-state index contributed by atoms with van der Waals surface area (Å²) in [5.41, 5.74) is 3.84. The highest BCUT2D eigenvalue weighted by molar-refractivity contribution is 5.94. The fourth-order valence-electron chi connectivity index (χ4n) is 3.42. The van der Waals surface area contributed by atoms with Crippen molar-refractivity contribution in [1.82, 2.24) is 0 Å². The van der Waals surface area contributed by atoms with Gasteiger partial charge in [0.25, 0.3) is 0 Å². The van der Waals surface area contributed by atoms with Crippen molar-refractivity contribution in [3.8, 4) is 22.6 Å². The molecule has 1 N–H and O–H groups in total. The molecule has 0 aliphatic carbocycles. The second kappa shape index (κ2) is 6.87. The minimum Gasteiger partial charge on any atom is -0.493 e. The van der Waals surface area contributed by atoms with E-state index in [2.05, 4.69) is 0 Å². The third kappa shape index (κ3) is 3.05. The third-order valence-electron chi connectivity index (χ3n) is 5.18. The molecular weight excluding hydrogens is 348 g/mol. The number of esters is 1. The highest BCUT2D eigenvalue weighted by Crippen LogP contribution is 2.42. The Balaban J connectivity index is 1.73. The van der Waals surface area contributed by atoms with E-state index >= 15 is 0 Å². The number of aliphatic hydroxyl groups is 1. The van der Waals surface area contributed by atoms with Crippen LogP contribution in [0.3, 0.4) is 0 Å². The number of ether oxygens (including phenoxy) is 4. The highest BCUT2D eigenvalue weighted by Gasteiger charge is 2.39. The molecule has 2 aromatic carbocycles. The van der Waals surface area contributed by atoms with Crippen LogP contribution in [0.25, 0.3) is 11.1 Å². The van der Waals surface area contributed by atoms with Crippen LogP contribution in [0.2, 0.25) is 0 Å². The summed E-state index contributed by atoms with van der Waals surface area (Å²) in [6, 6.07) is 9.58. The van der Waals surface area contributed by atoms with Crippen LogP contribution in [-0.2, 0) is 16.1 Å². The van der Waals surface area contributed by atoms with Gasteiger partial charge in [0.1, 0.15) is 13.2 Å². The van der Waals surface area contributed by atoms with E-state index in [-0.39, 0.29) is 24.6 Å². The minimum atomic E-state index is -0.371. The number of aryl methyl sites for hydroxylation is 1. The second-order valence-corrected chi connectivity index (χ2v) is 7.18. The van der Waals surface area contributed by atoms with Gasteiger partial charge in [0.2, 0.25) is 0 Å². The Bertz CT molecular complexity index is 879. The first-order valence-corrected chi connectivity index (χ1v) is 8.86. The van der Waals surface area contributed by atoms with Gasteiger partial charge >= 0.3 is 5.97 Å². The largest absolute Gasteiger partial charge is 0.493 e. The molecule has 0 unspecified atom stereocenters. The molecule has 4 rings (SSSR count). The third-order valence-corrected chi connectivity index (χ3v) is 5.18. The van der Waals surface area contributed by atoms with Crippen LogP contribution in [0.15, 0.2) is 30.3 Å². The topological polar surface area (TPSA) is 74.2 Å². The zero-order valence-electron chi connectivity index (χ0n) is 15.4. The van der Waals surface area contributed by atoms with Crippen molar-refractivity contribution < 1.29 is 28.8 Å². The molecule has 0 amide bonds. The number of carbonyl (C=O) groups is 1. The molecule has 0 radical (unpaired) electrons. The van der Waals surface area contributed by atoms with E-state index < -0.39 is 0 Å². The molecule has 2 aliphatic heterocycles. The van der Waals surface area contributed by atoms with Crippen molar-refractivity contribution in [2.24, 2.45) is 5.41 Å². The molecule has 2 heterocycles. The summed E-state index contributed by atoms with van der Waals surface area (Å²) < 4.78 is 22.1. The van der Waals surface area contributed by atoms with Gasteiger partial charge in [0, 0.05) is 11.1 Å². The van der Waals surface area contributed by atoms with Crippen LogP contribution in [0.4, 0.5) is 0 Å². The number of aliphatic hydroxyl groups excluding tert-OH is 1. The number of hydrogen-bond acceptors (Lipinski definition) is 6. The number of fused-ring (bicyclic) bond motifs is 1. The normalized spacial score (nSPS) is 17.1. The van der Waals surface area contributed by atoms with Gasteiger partial charge in [-0.05, 0) is 30.2 Å². The Kier molecular flexibility index (Phi) is 4.53. The number of hydrogen-bond donors (Lipinski definition) is 1. The van der Waals surface area contributed by atoms with E-state index in [1.54, 1.807) is 13.2 Å². The molecule has 27 heavy (non-hydrogen) atoms. The summed E-state index contributed by atoms with van der Waals surface area (Å²) in [4.78, 5) is 11.7. The Labute approximate surface area is 157 Å².